The van der Waals surface area contributed by atoms with Crippen LogP contribution in [0.5, 0.6) is 0 Å². The van der Waals surface area contributed by atoms with Crippen molar-refractivity contribution in [2.75, 3.05) is 0 Å². The highest BCUT2D eigenvalue weighted by Crippen LogP contribution is 2.30. The van der Waals surface area contributed by atoms with E-state index in [1.165, 1.54) is 6.07 Å². The Morgan fingerprint density at radius 2 is 1.76 bits per heavy atom. The highest BCUT2D eigenvalue weighted by Gasteiger charge is 2.30. The van der Waals surface area contributed by atoms with Gasteiger partial charge < -0.3 is 5.73 Å². The molecule has 92 valence electrons. The van der Waals surface area contributed by atoms with Crippen LogP contribution in [0.4, 0.5) is 13.2 Å². The first-order valence-electron chi connectivity index (χ1n) is 5.09. The number of benzene rings is 1. The molecule has 0 aliphatic heterocycles. The maximum atomic E-state index is 12.4. The summed E-state index contributed by atoms with van der Waals surface area (Å²) in [5.74, 6) is 5.57. The van der Waals surface area contributed by atoms with Crippen molar-refractivity contribution >= 4 is 0 Å². The highest BCUT2D eigenvalue weighted by molar-refractivity contribution is 5.44. The van der Waals surface area contributed by atoms with Gasteiger partial charge in [0.2, 0.25) is 0 Å². The summed E-state index contributed by atoms with van der Waals surface area (Å²) in [4.78, 5) is 0. The average Bonchev–Trinajstić information content (AvgIpc) is 2.12. The van der Waals surface area contributed by atoms with Crippen LogP contribution in [0.3, 0.4) is 0 Å². The van der Waals surface area contributed by atoms with Crippen molar-refractivity contribution in [3.8, 4) is 11.8 Å². The molecule has 0 aliphatic carbocycles. The van der Waals surface area contributed by atoms with Crippen molar-refractivity contribution in [1.82, 2.24) is 0 Å². The van der Waals surface area contributed by atoms with Crippen molar-refractivity contribution in [3.63, 3.8) is 0 Å². The van der Waals surface area contributed by atoms with E-state index in [1.807, 2.05) is 0 Å². The monoisotopic (exact) mass is 241 g/mol. The van der Waals surface area contributed by atoms with Gasteiger partial charge in [0, 0.05) is 5.56 Å². The predicted molar refractivity (Wildman–Crippen MR) is 61.3 cm³/mol. The Bertz CT molecular complexity index is 470. The SMILES string of the molecule is Cc1cc(C(F)(F)F)ccc1C#CC(C)(C)N. The van der Waals surface area contributed by atoms with Gasteiger partial charge in [0.15, 0.2) is 0 Å². The molecule has 1 nitrogen and oxygen atoms in total. The van der Waals surface area contributed by atoms with E-state index in [0.717, 1.165) is 12.1 Å². The number of alkyl halides is 3. The largest absolute Gasteiger partial charge is 0.416 e. The van der Waals surface area contributed by atoms with Crippen LogP contribution in [0.2, 0.25) is 0 Å². The molecule has 2 N–H and O–H groups in total. The predicted octanol–water partition coefficient (Wildman–Crippen LogP) is 3.10. The van der Waals surface area contributed by atoms with Crippen LogP contribution in [-0.2, 0) is 6.18 Å². The molecule has 0 aliphatic rings. The van der Waals surface area contributed by atoms with Gasteiger partial charge in [-0.2, -0.15) is 13.2 Å². The van der Waals surface area contributed by atoms with Crippen molar-refractivity contribution in [2.45, 2.75) is 32.5 Å². The van der Waals surface area contributed by atoms with Crippen LogP contribution in [0, 0.1) is 18.8 Å². The van der Waals surface area contributed by atoms with Crippen LogP contribution in [0.25, 0.3) is 0 Å². The molecule has 0 atom stereocenters. The molecule has 1 rings (SSSR count). The Kier molecular flexibility index (Phi) is 3.53. The second-order valence-corrected chi connectivity index (χ2v) is 4.50. The minimum absolute atomic E-state index is 0.497. The first kappa shape index (κ1) is 13.6. The molecule has 0 amide bonds. The second kappa shape index (κ2) is 4.42. The van der Waals surface area contributed by atoms with Crippen molar-refractivity contribution in [2.24, 2.45) is 5.73 Å². The van der Waals surface area contributed by atoms with Crippen LogP contribution < -0.4 is 5.73 Å². The second-order valence-electron chi connectivity index (χ2n) is 4.50. The van der Waals surface area contributed by atoms with E-state index in [9.17, 15) is 13.2 Å². The molecule has 1 aromatic carbocycles. The van der Waals surface area contributed by atoms with Gasteiger partial charge in [0.05, 0.1) is 11.1 Å². The van der Waals surface area contributed by atoms with Gasteiger partial charge in [-0.25, -0.2) is 0 Å². The summed E-state index contributed by atoms with van der Waals surface area (Å²) in [6.07, 6.45) is -4.32. The summed E-state index contributed by atoms with van der Waals surface area (Å²) >= 11 is 0. The number of nitrogens with two attached hydrogens (primary N) is 1. The molecule has 0 heterocycles. The summed E-state index contributed by atoms with van der Waals surface area (Å²) in [5.41, 5.74) is 5.42. The molecule has 0 radical (unpaired) electrons. The zero-order valence-electron chi connectivity index (χ0n) is 9.94. The van der Waals surface area contributed by atoms with E-state index in [4.69, 9.17) is 5.73 Å². The normalized spacial score (nSPS) is 11.9. The van der Waals surface area contributed by atoms with Gasteiger partial charge in [-0.05, 0) is 44.5 Å². The highest BCUT2D eigenvalue weighted by atomic mass is 19.4. The Hall–Kier alpha value is -1.47. The molecule has 0 fully saturated rings. The molecule has 0 aromatic heterocycles. The van der Waals surface area contributed by atoms with Crippen molar-refractivity contribution in [3.05, 3.63) is 34.9 Å². The first-order valence-corrected chi connectivity index (χ1v) is 5.09. The summed E-state index contributed by atoms with van der Waals surface area (Å²) < 4.78 is 37.3. The summed E-state index contributed by atoms with van der Waals surface area (Å²) in [5, 5.41) is 0. The van der Waals surface area contributed by atoms with E-state index >= 15 is 0 Å². The average molecular weight is 241 g/mol. The molecule has 0 bridgehead atoms. The zero-order valence-corrected chi connectivity index (χ0v) is 9.94. The fourth-order valence-corrected chi connectivity index (χ4v) is 1.21. The number of rotatable bonds is 0. The number of halogens is 3. The zero-order chi connectivity index (χ0) is 13.3. The lowest BCUT2D eigenvalue weighted by molar-refractivity contribution is -0.137. The fraction of sp³-hybridized carbons (Fsp3) is 0.385. The van der Waals surface area contributed by atoms with Gasteiger partial charge in [0.25, 0.3) is 0 Å². The maximum absolute atomic E-state index is 12.4. The van der Waals surface area contributed by atoms with Gasteiger partial charge >= 0.3 is 6.18 Å². The van der Waals surface area contributed by atoms with E-state index < -0.39 is 17.3 Å². The Labute approximate surface area is 98.8 Å². The van der Waals surface area contributed by atoms with Crippen LogP contribution in [0.1, 0.15) is 30.5 Å². The molecule has 1 aromatic rings. The smallest absolute Gasteiger partial charge is 0.316 e. The Morgan fingerprint density at radius 1 is 1.18 bits per heavy atom. The van der Waals surface area contributed by atoms with Crippen molar-refractivity contribution in [1.29, 1.82) is 0 Å². The lowest BCUT2D eigenvalue weighted by Gasteiger charge is -2.10. The van der Waals surface area contributed by atoms with Crippen LogP contribution in [-0.4, -0.2) is 5.54 Å². The molecule has 17 heavy (non-hydrogen) atoms. The van der Waals surface area contributed by atoms with Gasteiger partial charge in [0.1, 0.15) is 0 Å². The summed E-state index contributed by atoms with van der Waals surface area (Å²) in [6.45, 7) is 5.07. The Balaban J connectivity index is 3.10. The molecule has 0 spiro atoms. The molecule has 0 saturated carbocycles. The Morgan fingerprint density at radius 3 is 2.18 bits per heavy atom. The number of hydrogen-bond donors (Lipinski definition) is 1. The van der Waals surface area contributed by atoms with E-state index in [0.29, 0.717) is 11.1 Å². The minimum Gasteiger partial charge on any atom is -0.316 e. The number of aryl methyl sites for hydroxylation is 1. The topological polar surface area (TPSA) is 26.0 Å². The van der Waals surface area contributed by atoms with Gasteiger partial charge in [-0.15, -0.1) is 0 Å². The molecule has 0 saturated heterocycles. The van der Waals surface area contributed by atoms with Crippen molar-refractivity contribution < 1.29 is 13.2 Å². The lowest BCUT2D eigenvalue weighted by Crippen LogP contribution is -2.29. The van der Waals surface area contributed by atoms with E-state index in [-0.39, 0.29) is 0 Å². The minimum atomic E-state index is -4.32. The standard InChI is InChI=1S/C13H14F3N/c1-9-8-11(13(14,15)16)5-4-10(9)6-7-12(2,3)17/h4-5,8H,17H2,1-3H3. The van der Waals surface area contributed by atoms with Gasteiger partial charge in [-0.3, -0.25) is 0 Å². The molecule has 4 heteroatoms. The van der Waals surface area contributed by atoms with Crippen LogP contribution in [0.15, 0.2) is 18.2 Å². The quantitative estimate of drug-likeness (QED) is 0.694. The summed E-state index contributed by atoms with van der Waals surface area (Å²) in [6, 6.07) is 3.49. The first-order chi connectivity index (χ1) is 7.59. The van der Waals surface area contributed by atoms with E-state index in [1.54, 1.807) is 20.8 Å². The number of hydrogen-bond acceptors (Lipinski definition) is 1. The molecular formula is C13H14F3N. The summed E-state index contributed by atoms with van der Waals surface area (Å²) in [7, 11) is 0. The fourth-order valence-electron chi connectivity index (χ4n) is 1.21. The third-order valence-electron chi connectivity index (χ3n) is 2.07. The lowest BCUT2D eigenvalue weighted by atomic mass is 10.0. The van der Waals surface area contributed by atoms with Crippen LogP contribution >= 0.6 is 0 Å². The molecular weight excluding hydrogens is 227 g/mol. The third-order valence-corrected chi connectivity index (χ3v) is 2.07. The maximum Gasteiger partial charge on any atom is 0.416 e. The molecule has 0 unspecified atom stereocenters. The van der Waals surface area contributed by atoms with E-state index in [2.05, 4.69) is 11.8 Å². The van der Waals surface area contributed by atoms with Gasteiger partial charge in [-0.1, -0.05) is 11.8 Å². The third kappa shape index (κ3) is 4.12.